The van der Waals surface area contributed by atoms with Crippen LogP contribution in [-0.4, -0.2) is 53.5 Å². The number of benzene rings is 4. The Kier molecular flexibility index (Phi) is 11.8. The number of hydrogen-bond donors (Lipinski definition) is 0. The van der Waals surface area contributed by atoms with Crippen molar-refractivity contribution in [3.8, 4) is 23.1 Å². The van der Waals surface area contributed by atoms with Crippen LogP contribution < -0.4 is 14.2 Å². The molecule has 2 heterocycles. The second kappa shape index (κ2) is 17.0. The topological polar surface area (TPSA) is 64.1 Å². The number of aryl methyl sites for hydroxylation is 2. The Balaban J connectivity index is 0.914. The fourth-order valence-electron chi connectivity index (χ4n) is 5.68. The highest BCUT2D eigenvalue weighted by atomic mass is 35.5. The first kappa shape index (κ1) is 34.7. The average Bonchev–Trinajstić information content (AvgIpc) is 3.14. The van der Waals surface area contributed by atoms with Gasteiger partial charge in [0.1, 0.15) is 23.9 Å². The van der Waals surface area contributed by atoms with Crippen LogP contribution in [0.15, 0.2) is 115 Å². The maximum absolute atomic E-state index is 13.0. The molecule has 1 aliphatic rings. The van der Waals surface area contributed by atoms with Crippen molar-refractivity contribution in [1.29, 1.82) is 0 Å². The molecular formula is C42H42ClN3O4. The van der Waals surface area contributed by atoms with Crippen LogP contribution in [0.5, 0.6) is 23.1 Å². The third kappa shape index (κ3) is 9.97. The lowest BCUT2D eigenvalue weighted by Gasteiger charge is -2.34. The number of hydrogen-bond acceptors (Lipinski definition) is 6. The molecule has 5 aromatic rings. The predicted octanol–water partition coefficient (Wildman–Crippen LogP) is 8.70. The second-order valence-electron chi connectivity index (χ2n) is 12.5. The molecule has 4 aromatic carbocycles. The second-order valence-corrected chi connectivity index (χ2v) is 12.9. The highest BCUT2D eigenvalue weighted by Gasteiger charge is 2.19. The van der Waals surface area contributed by atoms with Gasteiger partial charge in [-0.25, -0.2) is 4.98 Å². The van der Waals surface area contributed by atoms with Gasteiger partial charge in [0.15, 0.2) is 0 Å². The number of carbonyl (C=O) groups excluding carboxylic acids is 1. The van der Waals surface area contributed by atoms with Gasteiger partial charge >= 0.3 is 0 Å². The van der Waals surface area contributed by atoms with E-state index in [2.05, 4.69) is 53.2 Å². The first-order chi connectivity index (χ1) is 24.4. The molecule has 7 nitrogen and oxygen atoms in total. The predicted molar refractivity (Wildman–Crippen MR) is 199 cm³/mol. The van der Waals surface area contributed by atoms with E-state index in [0.29, 0.717) is 48.7 Å². The van der Waals surface area contributed by atoms with Crippen LogP contribution >= 0.6 is 11.6 Å². The first-order valence-corrected chi connectivity index (χ1v) is 17.3. The Morgan fingerprint density at radius 3 is 2.28 bits per heavy atom. The summed E-state index contributed by atoms with van der Waals surface area (Å²) in [6, 6.07) is 34.0. The van der Waals surface area contributed by atoms with Gasteiger partial charge in [0.05, 0.1) is 12.8 Å². The van der Waals surface area contributed by atoms with Crippen molar-refractivity contribution in [1.82, 2.24) is 14.8 Å². The van der Waals surface area contributed by atoms with Crippen molar-refractivity contribution < 1.29 is 19.0 Å². The number of aromatic nitrogens is 1. The van der Waals surface area contributed by atoms with E-state index in [-0.39, 0.29) is 5.91 Å². The number of carbonyl (C=O) groups is 1. The molecule has 0 unspecified atom stereocenters. The fraction of sp³-hybridized carbons (Fsp3) is 0.238. The number of rotatable bonds is 13. The number of nitrogens with zero attached hydrogens (tertiary/aromatic N) is 3. The van der Waals surface area contributed by atoms with E-state index in [1.165, 1.54) is 16.7 Å². The van der Waals surface area contributed by atoms with Crippen molar-refractivity contribution in [2.75, 3.05) is 32.8 Å². The van der Waals surface area contributed by atoms with Crippen LogP contribution in [0, 0.1) is 13.8 Å². The minimum atomic E-state index is 0.0286. The standard InChI is InChI=1S/C42H42ClN3O4/c1-31-7-15-37(16-8-31)48-26-21-33-9-11-35(12-10-33)29-45-22-24-46(25-23-45)42(47)20-14-34-13-18-40(32(2)27-34)50-41-19-17-38(28-44-41)49-30-36-5-3-4-6-39(36)43/h3-20,27-28H,21-26,29-30H2,1-2H3/b20-14+. The lowest BCUT2D eigenvalue weighted by molar-refractivity contribution is -0.127. The number of halogens is 1. The summed E-state index contributed by atoms with van der Waals surface area (Å²) in [6.07, 6.45) is 6.03. The number of pyridine rings is 1. The molecule has 0 spiro atoms. The van der Waals surface area contributed by atoms with Gasteiger partial charge in [-0.1, -0.05) is 77.8 Å². The van der Waals surface area contributed by atoms with Crippen LogP contribution in [-0.2, 0) is 24.4 Å². The number of ether oxygens (including phenoxy) is 3. The van der Waals surface area contributed by atoms with E-state index in [4.69, 9.17) is 25.8 Å². The molecule has 0 atom stereocenters. The van der Waals surface area contributed by atoms with Gasteiger partial charge in [-0.05, 0) is 78.6 Å². The summed E-state index contributed by atoms with van der Waals surface area (Å²) in [5.74, 6) is 2.73. The maximum atomic E-state index is 13.0. The third-order valence-corrected chi connectivity index (χ3v) is 9.06. The smallest absolute Gasteiger partial charge is 0.246 e. The lowest BCUT2D eigenvalue weighted by Crippen LogP contribution is -2.47. The summed E-state index contributed by atoms with van der Waals surface area (Å²) < 4.78 is 17.7. The van der Waals surface area contributed by atoms with Crippen molar-refractivity contribution in [2.45, 2.75) is 33.4 Å². The summed E-state index contributed by atoms with van der Waals surface area (Å²) in [5, 5.41) is 0.669. The molecule has 1 aromatic heterocycles. The van der Waals surface area contributed by atoms with Crippen LogP contribution in [0.3, 0.4) is 0 Å². The maximum Gasteiger partial charge on any atom is 0.246 e. The Morgan fingerprint density at radius 2 is 1.56 bits per heavy atom. The van der Waals surface area contributed by atoms with E-state index < -0.39 is 0 Å². The molecule has 6 rings (SSSR count). The quantitative estimate of drug-likeness (QED) is 0.115. The molecule has 50 heavy (non-hydrogen) atoms. The Labute approximate surface area is 299 Å². The molecular weight excluding hydrogens is 646 g/mol. The molecule has 0 saturated carbocycles. The highest BCUT2D eigenvalue weighted by molar-refractivity contribution is 6.31. The van der Waals surface area contributed by atoms with E-state index in [1.54, 1.807) is 18.3 Å². The van der Waals surface area contributed by atoms with Crippen molar-refractivity contribution in [2.24, 2.45) is 0 Å². The van der Waals surface area contributed by atoms with Gasteiger partial charge < -0.3 is 19.1 Å². The third-order valence-electron chi connectivity index (χ3n) is 8.69. The van der Waals surface area contributed by atoms with Gasteiger partial charge in [-0.3, -0.25) is 9.69 Å². The molecule has 1 saturated heterocycles. The van der Waals surface area contributed by atoms with Crippen LogP contribution in [0.1, 0.15) is 33.4 Å². The van der Waals surface area contributed by atoms with E-state index in [0.717, 1.165) is 48.5 Å². The van der Waals surface area contributed by atoms with E-state index >= 15 is 0 Å². The summed E-state index contributed by atoms with van der Waals surface area (Å²) in [6.45, 7) is 9.05. The lowest BCUT2D eigenvalue weighted by atomic mass is 10.1. The molecule has 0 aliphatic carbocycles. The van der Waals surface area contributed by atoms with Crippen LogP contribution in [0.25, 0.3) is 6.08 Å². The summed E-state index contributed by atoms with van der Waals surface area (Å²) in [5.41, 5.74) is 6.56. The molecule has 256 valence electrons. The van der Waals surface area contributed by atoms with Crippen molar-refractivity contribution >= 4 is 23.6 Å². The van der Waals surface area contributed by atoms with Gasteiger partial charge in [-0.2, -0.15) is 0 Å². The van der Waals surface area contributed by atoms with Crippen LogP contribution in [0.2, 0.25) is 5.02 Å². The molecule has 8 heteroatoms. The summed E-state index contributed by atoms with van der Waals surface area (Å²) in [4.78, 5) is 21.7. The highest BCUT2D eigenvalue weighted by Crippen LogP contribution is 2.27. The largest absolute Gasteiger partial charge is 0.493 e. The van der Waals surface area contributed by atoms with Gasteiger partial charge in [0.2, 0.25) is 11.8 Å². The summed E-state index contributed by atoms with van der Waals surface area (Å²) in [7, 11) is 0. The normalized spacial score (nSPS) is 13.4. The molecule has 0 bridgehead atoms. The molecule has 1 amide bonds. The molecule has 1 aliphatic heterocycles. The fourth-order valence-corrected chi connectivity index (χ4v) is 5.87. The average molecular weight is 688 g/mol. The zero-order chi connectivity index (χ0) is 34.7. The first-order valence-electron chi connectivity index (χ1n) is 17.0. The van der Waals surface area contributed by atoms with Crippen molar-refractivity contribution in [3.05, 3.63) is 154 Å². The Morgan fingerprint density at radius 1 is 0.820 bits per heavy atom. The number of amides is 1. The molecule has 1 fully saturated rings. The van der Waals surface area contributed by atoms with E-state index in [9.17, 15) is 4.79 Å². The monoisotopic (exact) mass is 687 g/mol. The van der Waals surface area contributed by atoms with Gasteiger partial charge in [0.25, 0.3) is 0 Å². The number of piperazine rings is 1. The zero-order valence-corrected chi connectivity index (χ0v) is 29.3. The molecule has 0 N–H and O–H groups in total. The zero-order valence-electron chi connectivity index (χ0n) is 28.6. The molecule has 0 radical (unpaired) electrons. The van der Waals surface area contributed by atoms with Crippen LogP contribution in [0.4, 0.5) is 0 Å². The Bertz CT molecular complexity index is 1880. The minimum Gasteiger partial charge on any atom is -0.493 e. The van der Waals surface area contributed by atoms with Gasteiger partial charge in [0, 0.05) is 61.9 Å². The SMILES string of the molecule is Cc1ccc(OCCc2ccc(CN3CCN(C(=O)/C=C/c4ccc(Oc5ccc(OCc6ccccc6Cl)cn5)c(C)c4)CC3)cc2)cc1. The summed E-state index contributed by atoms with van der Waals surface area (Å²) >= 11 is 6.21. The Hall–Kier alpha value is -5.11. The minimum absolute atomic E-state index is 0.0286. The van der Waals surface area contributed by atoms with E-state index in [1.807, 2.05) is 78.6 Å². The van der Waals surface area contributed by atoms with Gasteiger partial charge in [-0.15, -0.1) is 0 Å². The van der Waals surface area contributed by atoms with Crippen molar-refractivity contribution in [3.63, 3.8) is 0 Å².